The standard InChI is InChI=1S/C10H9F2NO3/c1-6-2-4-8(16-10(11)12)7(13-6)3-5-9(14)15/h2-5,10H,1H3,(H,14,15). The molecule has 0 saturated carbocycles. The minimum absolute atomic E-state index is 0.0581. The molecule has 4 nitrogen and oxygen atoms in total. The van der Waals surface area contributed by atoms with Gasteiger partial charge in [0.2, 0.25) is 0 Å². The predicted octanol–water partition coefficient (Wildman–Crippen LogP) is 2.09. The van der Waals surface area contributed by atoms with Crippen molar-refractivity contribution < 1.29 is 23.4 Å². The van der Waals surface area contributed by atoms with E-state index in [9.17, 15) is 13.6 Å². The van der Waals surface area contributed by atoms with Gasteiger partial charge >= 0.3 is 12.6 Å². The van der Waals surface area contributed by atoms with E-state index in [1.165, 1.54) is 12.1 Å². The van der Waals surface area contributed by atoms with E-state index in [0.717, 1.165) is 12.2 Å². The predicted molar refractivity (Wildman–Crippen MR) is 52.3 cm³/mol. The van der Waals surface area contributed by atoms with E-state index in [4.69, 9.17) is 5.11 Å². The van der Waals surface area contributed by atoms with Crippen LogP contribution in [-0.2, 0) is 4.79 Å². The van der Waals surface area contributed by atoms with Crippen LogP contribution in [0.2, 0.25) is 0 Å². The number of carboxylic acids is 1. The van der Waals surface area contributed by atoms with E-state index < -0.39 is 12.6 Å². The summed E-state index contributed by atoms with van der Waals surface area (Å²) in [7, 11) is 0. The summed E-state index contributed by atoms with van der Waals surface area (Å²) in [5.41, 5.74) is 0.634. The van der Waals surface area contributed by atoms with E-state index in [1.807, 2.05) is 0 Å². The maximum atomic E-state index is 12.0. The molecule has 0 spiro atoms. The molecule has 0 amide bonds. The number of ether oxygens (including phenoxy) is 1. The third kappa shape index (κ3) is 3.64. The van der Waals surface area contributed by atoms with Crippen LogP contribution in [0.4, 0.5) is 8.78 Å². The fraction of sp³-hybridized carbons (Fsp3) is 0.200. The minimum Gasteiger partial charge on any atom is -0.478 e. The fourth-order valence-electron chi connectivity index (χ4n) is 1.03. The zero-order valence-corrected chi connectivity index (χ0v) is 8.35. The second-order valence-electron chi connectivity index (χ2n) is 2.89. The van der Waals surface area contributed by atoms with Gasteiger partial charge in [0.1, 0.15) is 5.69 Å². The number of hydrogen-bond donors (Lipinski definition) is 1. The van der Waals surface area contributed by atoms with Crippen LogP contribution >= 0.6 is 0 Å². The number of alkyl halides is 2. The van der Waals surface area contributed by atoms with Gasteiger partial charge in [-0.05, 0) is 25.1 Å². The van der Waals surface area contributed by atoms with Gasteiger partial charge in [0.05, 0.1) is 0 Å². The van der Waals surface area contributed by atoms with Crippen molar-refractivity contribution in [1.29, 1.82) is 0 Å². The second-order valence-corrected chi connectivity index (χ2v) is 2.89. The van der Waals surface area contributed by atoms with Crippen molar-refractivity contribution in [3.63, 3.8) is 0 Å². The van der Waals surface area contributed by atoms with Gasteiger partial charge in [-0.2, -0.15) is 8.78 Å². The number of hydrogen-bond acceptors (Lipinski definition) is 3. The minimum atomic E-state index is -2.97. The Kier molecular flexibility index (Phi) is 3.93. The van der Waals surface area contributed by atoms with Crippen LogP contribution in [0.5, 0.6) is 5.75 Å². The first kappa shape index (κ1) is 12.1. The number of aryl methyl sites for hydroxylation is 1. The Labute approximate surface area is 90.2 Å². The lowest BCUT2D eigenvalue weighted by Crippen LogP contribution is -2.04. The molecular formula is C10H9F2NO3. The molecule has 1 aromatic heterocycles. The van der Waals surface area contributed by atoms with E-state index in [1.54, 1.807) is 6.92 Å². The number of pyridine rings is 1. The smallest absolute Gasteiger partial charge is 0.387 e. The fourth-order valence-corrected chi connectivity index (χ4v) is 1.03. The maximum Gasteiger partial charge on any atom is 0.387 e. The van der Waals surface area contributed by atoms with Gasteiger partial charge in [-0.25, -0.2) is 9.78 Å². The molecule has 0 unspecified atom stereocenters. The molecule has 0 aliphatic rings. The molecule has 1 rings (SSSR count). The van der Waals surface area contributed by atoms with Gasteiger partial charge < -0.3 is 9.84 Å². The van der Waals surface area contributed by atoms with Crippen molar-refractivity contribution >= 4 is 12.0 Å². The highest BCUT2D eigenvalue weighted by molar-refractivity contribution is 5.85. The number of aliphatic carboxylic acids is 1. The van der Waals surface area contributed by atoms with E-state index in [-0.39, 0.29) is 11.4 Å². The van der Waals surface area contributed by atoms with Gasteiger partial charge in [0.15, 0.2) is 5.75 Å². The lowest BCUT2D eigenvalue weighted by molar-refractivity contribution is -0.131. The topological polar surface area (TPSA) is 59.4 Å². The van der Waals surface area contributed by atoms with Crippen LogP contribution in [0.3, 0.4) is 0 Å². The van der Waals surface area contributed by atoms with Crippen LogP contribution in [-0.4, -0.2) is 22.7 Å². The van der Waals surface area contributed by atoms with Crippen molar-refractivity contribution in [3.05, 3.63) is 29.6 Å². The summed E-state index contributed by atoms with van der Waals surface area (Å²) in [5.74, 6) is -1.34. The quantitative estimate of drug-likeness (QED) is 0.803. The highest BCUT2D eigenvalue weighted by atomic mass is 19.3. The highest BCUT2D eigenvalue weighted by Gasteiger charge is 2.09. The van der Waals surface area contributed by atoms with Crippen molar-refractivity contribution in [2.24, 2.45) is 0 Å². The van der Waals surface area contributed by atoms with Crippen LogP contribution in [0, 0.1) is 6.92 Å². The Morgan fingerprint density at radius 2 is 2.25 bits per heavy atom. The summed E-state index contributed by atoms with van der Waals surface area (Å²) in [5, 5.41) is 8.41. The van der Waals surface area contributed by atoms with Crippen molar-refractivity contribution in [1.82, 2.24) is 4.98 Å². The zero-order valence-electron chi connectivity index (χ0n) is 8.35. The monoisotopic (exact) mass is 229 g/mol. The van der Waals surface area contributed by atoms with Crippen molar-refractivity contribution in [2.75, 3.05) is 0 Å². The van der Waals surface area contributed by atoms with Gasteiger partial charge in [-0.3, -0.25) is 0 Å². The summed E-state index contributed by atoms with van der Waals surface area (Å²) in [6.45, 7) is -1.31. The number of rotatable bonds is 4. The van der Waals surface area contributed by atoms with E-state index in [0.29, 0.717) is 5.69 Å². The van der Waals surface area contributed by atoms with Gasteiger partial charge in [0, 0.05) is 11.8 Å². The lowest BCUT2D eigenvalue weighted by atomic mass is 10.2. The van der Waals surface area contributed by atoms with E-state index in [2.05, 4.69) is 9.72 Å². The molecular weight excluding hydrogens is 220 g/mol. The van der Waals surface area contributed by atoms with Crippen LogP contribution in [0.1, 0.15) is 11.4 Å². The molecule has 0 atom stereocenters. The number of aromatic nitrogens is 1. The third-order valence-corrected chi connectivity index (χ3v) is 1.63. The molecule has 1 heterocycles. The normalized spacial score (nSPS) is 11.0. The highest BCUT2D eigenvalue weighted by Crippen LogP contribution is 2.20. The number of carboxylic acid groups (broad SMARTS) is 1. The number of carbonyl (C=O) groups is 1. The Hall–Kier alpha value is -1.98. The SMILES string of the molecule is Cc1ccc(OC(F)F)c(C=CC(=O)O)n1. The largest absolute Gasteiger partial charge is 0.478 e. The molecule has 0 aliphatic heterocycles. The van der Waals surface area contributed by atoms with Crippen LogP contribution in [0.25, 0.3) is 6.08 Å². The Bertz CT molecular complexity index is 419. The third-order valence-electron chi connectivity index (χ3n) is 1.63. The Balaban J connectivity index is 3.03. The molecule has 1 aromatic rings. The molecule has 0 bridgehead atoms. The van der Waals surface area contributed by atoms with Crippen LogP contribution < -0.4 is 4.74 Å². The molecule has 0 radical (unpaired) electrons. The zero-order chi connectivity index (χ0) is 12.1. The first-order valence-electron chi connectivity index (χ1n) is 4.32. The summed E-state index contributed by atoms with van der Waals surface area (Å²) >= 11 is 0. The first-order chi connectivity index (χ1) is 7.49. The molecule has 0 aliphatic carbocycles. The summed E-state index contributed by atoms with van der Waals surface area (Å²) in [4.78, 5) is 14.2. The van der Waals surface area contributed by atoms with Crippen LogP contribution in [0.15, 0.2) is 18.2 Å². The van der Waals surface area contributed by atoms with Gasteiger partial charge in [-0.1, -0.05) is 0 Å². The maximum absolute atomic E-state index is 12.0. The first-order valence-corrected chi connectivity index (χ1v) is 4.32. The van der Waals surface area contributed by atoms with E-state index >= 15 is 0 Å². The molecule has 16 heavy (non-hydrogen) atoms. The molecule has 0 saturated heterocycles. The van der Waals surface area contributed by atoms with Crippen molar-refractivity contribution in [3.8, 4) is 5.75 Å². The summed E-state index contributed by atoms with van der Waals surface area (Å²) in [6, 6.07) is 2.81. The summed E-state index contributed by atoms with van der Waals surface area (Å²) in [6.07, 6.45) is 1.91. The molecule has 1 N–H and O–H groups in total. The Morgan fingerprint density at radius 1 is 1.56 bits per heavy atom. The number of halogens is 2. The number of nitrogens with zero attached hydrogens (tertiary/aromatic N) is 1. The average Bonchev–Trinajstić information content (AvgIpc) is 2.17. The molecule has 0 fully saturated rings. The summed E-state index contributed by atoms with van der Waals surface area (Å²) < 4.78 is 28.2. The van der Waals surface area contributed by atoms with Gasteiger partial charge in [0.25, 0.3) is 0 Å². The lowest BCUT2D eigenvalue weighted by Gasteiger charge is -2.07. The second kappa shape index (κ2) is 5.20. The molecule has 0 aromatic carbocycles. The van der Waals surface area contributed by atoms with Gasteiger partial charge in [-0.15, -0.1) is 0 Å². The molecule has 6 heteroatoms. The molecule has 86 valence electrons. The Morgan fingerprint density at radius 3 is 2.81 bits per heavy atom. The average molecular weight is 229 g/mol. The van der Waals surface area contributed by atoms with Crippen molar-refractivity contribution in [2.45, 2.75) is 13.5 Å².